The molecule has 2 aromatic carbocycles. The van der Waals surface area contributed by atoms with Crippen LogP contribution in [0.25, 0.3) is 0 Å². The van der Waals surface area contributed by atoms with Crippen LogP contribution in [0.2, 0.25) is 0 Å². The van der Waals surface area contributed by atoms with E-state index in [1.807, 2.05) is 5.43 Å². The van der Waals surface area contributed by atoms with E-state index in [4.69, 9.17) is 0 Å². The van der Waals surface area contributed by atoms with Crippen LogP contribution >= 0.6 is 0 Å². The van der Waals surface area contributed by atoms with E-state index in [1.54, 1.807) is 37.3 Å². The minimum Gasteiger partial charge on any atom is -0.449 e. The predicted molar refractivity (Wildman–Crippen MR) is 99.0 cm³/mol. The maximum absolute atomic E-state index is 13.9. The van der Waals surface area contributed by atoms with Crippen LogP contribution in [-0.4, -0.2) is 33.1 Å². The molecule has 0 aliphatic carbocycles. The molecule has 3 N–H and O–H groups in total. The van der Waals surface area contributed by atoms with Crippen LogP contribution in [0, 0.1) is 5.82 Å². The van der Waals surface area contributed by atoms with Gasteiger partial charge < -0.3 is 4.74 Å². The van der Waals surface area contributed by atoms with E-state index in [1.165, 1.54) is 12.1 Å². The minimum absolute atomic E-state index is 0.0230. The molecule has 0 saturated heterocycles. The normalized spacial score (nSPS) is 12.1. The van der Waals surface area contributed by atoms with Gasteiger partial charge in [-0.2, -0.15) is 4.72 Å². The standard InChI is InChI=1S/C18H20FN3O5S/c1-2-27-18(24)21-20-17(23)15(12-13-8-4-3-5-9-13)22-28(25,26)16-11-7-6-10-14(16)19/h3-11,15,22H,2,12H2,1H3,(H,20,23)(H,21,24)/t15-/m0/s1. The number of sulfonamides is 1. The molecule has 0 fully saturated rings. The summed E-state index contributed by atoms with van der Waals surface area (Å²) in [5, 5.41) is 0. The van der Waals surface area contributed by atoms with E-state index >= 15 is 0 Å². The number of carbonyl (C=O) groups is 2. The van der Waals surface area contributed by atoms with Crippen LogP contribution in [0.1, 0.15) is 12.5 Å². The Morgan fingerprint density at radius 1 is 1.04 bits per heavy atom. The molecule has 2 rings (SSSR count). The first-order valence-corrected chi connectivity index (χ1v) is 9.85. The van der Waals surface area contributed by atoms with E-state index in [2.05, 4.69) is 14.9 Å². The molecule has 1 atom stereocenters. The largest absolute Gasteiger partial charge is 0.449 e. The van der Waals surface area contributed by atoms with Gasteiger partial charge in [0.2, 0.25) is 10.0 Å². The molecule has 0 heterocycles. The molecule has 0 bridgehead atoms. The monoisotopic (exact) mass is 409 g/mol. The van der Waals surface area contributed by atoms with Crippen LogP contribution in [0.15, 0.2) is 59.5 Å². The van der Waals surface area contributed by atoms with Crippen molar-refractivity contribution >= 4 is 22.0 Å². The van der Waals surface area contributed by atoms with E-state index in [9.17, 15) is 22.4 Å². The van der Waals surface area contributed by atoms with Crippen molar-refractivity contribution in [3.63, 3.8) is 0 Å². The van der Waals surface area contributed by atoms with Gasteiger partial charge in [-0.05, 0) is 31.0 Å². The van der Waals surface area contributed by atoms with E-state index in [-0.39, 0.29) is 13.0 Å². The van der Waals surface area contributed by atoms with E-state index in [0.29, 0.717) is 5.56 Å². The van der Waals surface area contributed by atoms with Crippen molar-refractivity contribution < 1.29 is 27.1 Å². The maximum Gasteiger partial charge on any atom is 0.426 e. The number of benzene rings is 2. The number of hydrogen-bond acceptors (Lipinski definition) is 5. The van der Waals surface area contributed by atoms with Crippen molar-refractivity contribution in [2.24, 2.45) is 0 Å². The summed E-state index contributed by atoms with van der Waals surface area (Å²) in [5.41, 5.74) is 4.77. The third-order valence-electron chi connectivity index (χ3n) is 3.59. The summed E-state index contributed by atoms with van der Waals surface area (Å²) in [6.07, 6.45) is -0.920. The molecule has 2 aromatic rings. The molecule has 2 amide bonds. The average Bonchev–Trinajstić information content (AvgIpc) is 2.66. The second kappa shape index (κ2) is 9.81. The van der Waals surface area contributed by atoms with Crippen molar-refractivity contribution in [1.82, 2.24) is 15.6 Å². The molecule has 0 spiro atoms. The van der Waals surface area contributed by atoms with Crippen LogP contribution < -0.4 is 15.6 Å². The van der Waals surface area contributed by atoms with Crippen LogP contribution in [0.3, 0.4) is 0 Å². The molecule has 28 heavy (non-hydrogen) atoms. The summed E-state index contributed by atoms with van der Waals surface area (Å²) in [4.78, 5) is 23.2. The first kappa shape index (κ1) is 21.3. The van der Waals surface area contributed by atoms with Gasteiger partial charge in [-0.1, -0.05) is 42.5 Å². The SMILES string of the molecule is CCOC(=O)NNC(=O)[C@H](Cc1ccccc1)NS(=O)(=O)c1ccccc1F. The summed E-state index contributed by atoms with van der Waals surface area (Å²) >= 11 is 0. The van der Waals surface area contributed by atoms with E-state index < -0.39 is 38.8 Å². The van der Waals surface area contributed by atoms with E-state index in [0.717, 1.165) is 12.1 Å². The lowest BCUT2D eigenvalue weighted by molar-refractivity contribution is -0.123. The lowest BCUT2D eigenvalue weighted by Gasteiger charge is -2.19. The highest BCUT2D eigenvalue weighted by atomic mass is 32.2. The highest BCUT2D eigenvalue weighted by Crippen LogP contribution is 2.15. The zero-order valence-electron chi connectivity index (χ0n) is 15.0. The Labute approximate surface area is 162 Å². The molecule has 8 nitrogen and oxygen atoms in total. The second-order valence-corrected chi connectivity index (χ2v) is 7.31. The predicted octanol–water partition coefficient (Wildman–Crippen LogP) is 1.49. The number of rotatable bonds is 7. The number of ether oxygens (including phenoxy) is 1. The highest BCUT2D eigenvalue weighted by molar-refractivity contribution is 7.89. The first-order chi connectivity index (χ1) is 13.3. The average molecular weight is 409 g/mol. The van der Waals surface area contributed by atoms with Crippen molar-refractivity contribution in [1.29, 1.82) is 0 Å². The Balaban J connectivity index is 2.21. The zero-order chi connectivity index (χ0) is 20.6. The molecule has 0 aliphatic rings. The number of hydrazine groups is 1. The third-order valence-corrected chi connectivity index (χ3v) is 5.09. The fourth-order valence-electron chi connectivity index (χ4n) is 2.32. The minimum atomic E-state index is -4.33. The fourth-order valence-corrected chi connectivity index (χ4v) is 3.59. The van der Waals surface area contributed by atoms with Crippen LogP contribution in [0.5, 0.6) is 0 Å². The number of carbonyl (C=O) groups excluding carboxylic acids is 2. The second-order valence-electron chi connectivity index (χ2n) is 5.63. The van der Waals surface area contributed by atoms with Crippen molar-refractivity contribution in [2.45, 2.75) is 24.3 Å². The Kier molecular flexibility index (Phi) is 7.47. The lowest BCUT2D eigenvalue weighted by Crippen LogP contribution is -2.53. The fraction of sp³-hybridized carbons (Fsp3) is 0.222. The molecule has 0 aromatic heterocycles. The van der Waals surface area contributed by atoms with Gasteiger partial charge >= 0.3 is 6.09 Å². The third kappa shape index (κ3) is 6.03. The summed E-state index contributed by atoms with van der Waals surface area (Å²) in [7, 11) is -4.33. The summed E-state index contributed by atoms with van der Waals surface area (Å²) in [6.45, 7) is 1.68. The number of amides is 2. The molecular weight excluding hydrogens is 389 g/mol. The topological polar surface area (TPSA) is 114 Å². The van der Waals surface area contributed by atoms with Crippen LogP contribution in [0.4, 0.5) is 9.18 Å². The van der Waals surface area contributed by atoms with Gasteiger partial charge in [-0.25, -0.2) is 23.0 Å². The van der Waals surface area contributed by atoms with Gasteiger partial charge in [0, 0.05) is 0 Å². The van der Waals surface area contributed by atoms with Gasteiger partial charge in [0.1, 0.15) is 16.8 Å². The quantitative estimate of drug-likeness (QED) is 0.600. The van der Waals surface area contributed by atoms with Crippen molar-refractivity contribution in [2.75, 3.05) is 6.61 Å². The molecule has 0 aliphatic heterocycles. The summed E-state index contributed by atoms with van der Waals surface area (Å²) in [6, 6.07) is 12.1. The number of hydrogen-bond donors (Lipinski definition) is 3. The van der Waals surface area contributed by atoms with Crippen LogP contribution in [-0.2, 0) is 26.0 Å². The Morgan fingerprint density at radius 3 is 2.32 bits per heavy atom. The molecule has 0 radical (unpaired) electrons. The molecule has 0 saturated carbocycles. The van der Waals surface area contributed by atoms with Gasteiger partial charge in [0.15, 0.2) is 0 Å². The maximum atomic E-state index is 13.9. The number of nitrogens with one attached hydrogen (secondary N) is 3. The summed E-state index contributed by atoms with van der Waals surface area (Å²) < 4.78 is 45.8. The molecule has 0 unspecified atom stereocenters. The van der Waals surface area contributed by atoms with Crippen molar-refractivity contribution in [3.05, 3.63) is 66.0 Å². The van der Waals surface area contributed by atoms with Gasteiger partial charge in [0.25, 0.3) is 5.91 Å². The summed E-state index contributed by atoms with van der Waals surface area (Å²) in [5.74, 6) is -1.78. The Hall–Kier alpha value is -2.98. The number of halogens is 1. The zero-order valence-corrected chi connectivity index (χ0v) is 15.8. The van der Waals surface area contributed by atoms with Gasteiger partial charge in [-0.3, -0.25) is 10.2 Å². The lowest BCUT2D eigenvalue weighted by atomic mass is 10.1. The molecular formula is C18H20FN3O5S. The Bertz CT molecular complexity index is 922. The Morgan fingerprint density at radius 2 is 1.68 bits per heavy atom. The first-order valence-electron chi connectivity index (χ1n) is 8.37. The molecule has 150 valence electrons. The van der Waals surface area contributed by atoms with Gasteiger partial charge in [-0.15, -0.1) is 0 Å². The van der Waals surface area contributed by atoms with Crippen molar-refractivity contribution in [3.8, 4) is 0 Å². The van der Waals surface area contributed by atoms with Gasteiger partial charge in [0.05, 0.1) is 6.61 Å². The highest BCUT2D eigenvalue weighted by Gasteiger charge is 2.28. The smallest absolute Gasteiger partial charge is 0.426 e. The molecule has 10 heteroatoms.